The van der Waals surface area contributed by atoms with Gasteiger partial charge < -0.3 is 15.1 Å². The Morgan fingerprint density at radius 3 is 2.33 bits per heavy atom. The number of rotatable bonds is 4. The van der Waals surface area contributed by atoms with E-state index in [2.05, 4.69) is 5.32 Å². The monoisotopic (exact) mass is 393 g/mol. The molecule has 1 saturated heterocycles. The standard InChI is InChI=1S/C18H17F2N3O3S/c19-13-4-3-12(10-14(13)20)18(26)23-7-5-22(6-8-23)16(24)11-21-17(25)15-2-1-9-27-15/h1-4,9-10H,5-8,11H2,(H,21,25). The Morgan fingerprint density at radius 1 is 1.00 bits per heavy atom. The zero-order valence-corrected chi connectivity index (χ0v) is 15.1. The first-order valence-electron chi connectivity index (χ1n) is 8.29. The lowest BCUT2D eigenvalue weighted by Gasteiger charge is -2.34. The summed E-state index contributed by atoms with van der Waals surface area (Å²) in [7, 11) is 0. The van der Waals surface area contributed by atoms with Gasteiger partial charge in [-0.3, -0.25) is 14.4 Å². The molecule has 1 aliphatic heterocycles. The van der Waals surface area contributed by atoms with Gasteiger partial charge in [0.25, 0.3) is 11.8 Å². The Bertz CT molecular complexity index is 850. The molecule has 0 bridgehead atoms. The molecule has 142 valence electrons. The fourth-order valence-corrected chi connectivity index (χ4v) is 3.37. The Balaban J connectivity index is 1.49. The van der Waals surface area contributed by atoms with E-state index in [0.717, 1.165) is 12.1 Å². The van der Waals surface area contributed by atoms with E-state index < -0.39 is 17.5 Å². The molecule has 3 rings (SSSR count). The molecule has 0 spiro atoms. The van der Waals surface area contributed by atoms with E-state index in [1.54, 1.807) is 22.4 Å². The molecule has 0 aliphatic carbocycles. The second kappa shape index (κ2) is 8.26. The number of nitrogens with zero attached hydrogens (tertiary/aromatic N) is 2. The lowest BCUT2D eigenvalue weighted by atomic mass is 10.1. The number of halogens is 2. The minimum atomic E-state index is -1.07. The second-order valence-electron chi connectivity index (χ2n) is 5.96. The lowest BCUT2D eigenvalue weighted by Crippen LogP contribution is -2.52. The van der Waals surface area contributed by atoms with Crippen LogP contribution >= 0.6 is 11.3 Å². The lowest BCUT2D eigenvalue weighted by molar-refractivity contribution is -0.131. The number of amides is 3. The Labute approximate surface area is 158 Å². The van der Waals surface area contributed by atoms with Crippen LogP contribution < -0.4 is 5.32 Å². The van der Waals surface area contributed by atoms with Crippen LogP contribution in [-0.2, 0) is 4.79 Å². The summed E-state index contributed by atoms with van der Waals surface area (Å²) in [4.78, 5) is 40.0. The van der Waals surface area contributed by atoms with Crippen LogP contribution in [0.2, 0.25) is 0 Å². The number of thiophene rings is 1. The molecule has 3 amide bonds. The van der Waals surface area contributed by atoms with Crippen LogP contribution in [0.3, 0.4) is 0 Å². The highest BCUT2D eigenvalue weighted by atomic mass is 32.1. The Morgan fingerprint density at radius 2 is 1.70 bits per heavy atom. The normalized spacial score (nSPS) is 14.1. The van der Waals surface area contributed by atoms with Gasteiger partial charge in [-0.15, -0.1) is 11.3 Å². The minimum absolute atomic E-state index is 0.0666. The number of hydrogen-bond acceptors (Lipinski definition) is 4. The number of benzene rings is 1. The molecule has 6 nitrogen and oxygen atoms in total. The number of nitrogens with one attached hydrogen (secondary N) is 1. The van der Waals surface area contributed by atoms with E-state index in [4.69, 9.17) is 0 Å². The molecule has 0 radical (unpaired) electrons. The quantitative estimate of drug-likeness (QED) is 0.860. The van der Waals surface area contributed by atoms with Gasteiger partial charge in [0.15, 0.2) is 11.6 Å². The Hall–Kier alpha value is -2.81. The van der Waals surface area contributed by atoms with Crippen LogP contribution in [0.4, 0.5) is 8.78 Å². The molecule has 2 heterocycles. The van der Waals surface area contributed by atoms with Gasteiger partial charge in [0.1, 0.15) is 0 Å². The van der Waals surface area contributed by atoms with Gasteiger partial charge in [-0.1, -0.05) is 6.07 Å². The maximum Gasteiger partial charge on any atom is 0.261 e. The van der Waals surface area contributed by atoms with Crippen LogP contribution in [0.15, 0.2) is 35.7 Å². The number of carbonyl (C=O) groups is 3. The summed E-state index contributed by atoms with van der Waals surface area (Å²) in [6.45, 7) is 1.06. The van der Waals surface area contributed by atoms with E-state index in [-0.39, 0.29) is 37.0 Å². The topological polar surface area (TPSA) is 69.7 Å². The summed E-state index contributed by atoms with van der Waals surface area (Å²) < 4.78 is 26.3. The van der Waals surface area contributed by atoms with Gasteiger partial charge in [-0.2, -0.15) is 0 Å². The van der Waals surface area contributed by atoms with Crippen molar-refractivity contribution in [2.45, 2.75) is 0 Å². The predicted octanol–water partition coefficient (Wildman–Crippen LogP) is 1.74. The highest BCUT2D eigenvalue weighted by molar-refractivity contribution is 7.12. The zero-order valence-electron chi connectivity index (χ0n) is 14.3. The third-order valence-corrected chi connectivity index (χ3v) is 5.10. The van der Waals surface area contributed by atoms with Crippen molar-refractivity contribution in [3.05, 3.63) is 57.8 Å². The molecule has 9 heteroatoms. The summed E-state index contributed by atoms with van der Waals surface area (Å²) in [5.74, 6) is -3.03. The minimum Gasteiger partial charge on any atom is -0.342 e. The highest BCUT2D eigenvalue weighted by Gasteiger charge is 2.25. The zero-order chi connectivity index (χ0) is 19.4. The Kier molecular flexibility index (Phi) is 5.80. The van der Waals surface area contributed by atoms with E-state index in [1.165, 1.54) is 22.3 Å². The molecular weight excluding hydrogens is 376 g/mol. The average Bonchev–Trinajstić information content (AvgIpc) is 3.22. The van der Waals surface area contributed by atoms with Crippen molar-refractivity contribution in [2.24, 2.45) is 0 Å². The molecular formula is C18H17F2N3O3S. The van der Waals surface area contributed by atoms with Crippen molar-refractivity contribution in [1.29, 1.82) is 0 Å². The maximum atomic E-state index is 13.3. The summed E-state index contributed by atoms with van der Waals surface area (Å²) >= 11 is 1.29. The molecule has 1 fully saturated rings. The van der Waals surface area contributed by atoms with Gasteiger partial charge in [0, 0.05) is 31.7 Å². The van der Waals surface area contributed by atoms with Gasteiger partial charge in [-0.25, -0.2) is 8.78 Å². The molecule has 2 aromatic rings. The van der Waals surface area contributed by atoms with E-state index in [9.17, 15) is 23.2 Å². The molecule has 1 N–H and O–H groups in total. The van der Waals surface area contributed by atoms with Crippen LogP contribution in [0.25, 0.3) is 0 Å². The largest absolute Gasteiger partial charge is 0.342 e. The molecule has 0 unspecified atom stereocenters. The van der Waals surface area contributed by atoms with E-state index in [0.29, 0.717) is 18.0 Å². The van der Waals surface area contributed by atoms with Gasteiger partial charge >= 0.3 is 0 Å². The van der Waals surface area contributed by atoms with Crippen molar-refractivity contribution >= 4 is 29.1 Å². The molecule has 0 saturated carbocycles. The van der Waals surface area contributed by atoms with Crippen molar-refractivity contribution in [1.82, 2.24) is 15.1 Å². The summed E-state index contributed by atoms with van der Waals surface area (Å²) in [5, 5.41) is 4.35. The van der Waals surface area contributed by atoms with Crippen molar-refractivity contribution < 1.29 is 23.2 Å². The van der Waals surface area contributed by atoms with Crippen molar-refractivity contribution in [3.8, 4) is 0 Å². The fraction of sp³-hybridized carbons (Fsp3) is 0.278. The number of hydrogen-bond donors (Lipinski definition) is 1. The van der Waals surface area contributed by atoms with Crippen LogP contribution in [0, 0.1) is 11.6 Å². The average molecular weight is 393 g/mol. The molecule has 0 atom stereocenters. The molecule has 1 aliphatic rings. The van der Waals surface area contributed by atoms with E-state index in [1.807, 2.05) is 0 Å². The third kappa shape index (κ3) is 4.48. The van der Waals surface area contributed by atoms with Crippen LogP contribution in [0.1, 0.15) is 20.0 Å². The highest BCUT2D eigenvalue weighted by Crippen LogP contribution is 2.13. The van der Waals surface area contributed by atoms with Crippen LogP contribution in [-0.4, -0.2) is 60.2 Å². The van der Waals surface area contributed by atoms with Gasteiger partial charge in [0.05, 0.1) is 11.4 Å². The molecule has 27 heavy (non-hydrogen) atoms. The SMILES string of the molecule is O=C(NCC(=O)N1CCN(C(=O)c2ccc(F)c(F)c2)CC1)c1cccs1. The third-order valence-electron chi connectivity index (χ3n) is 4.23. The molecule has 1 aromatic carbocycles. The predicted molar refractivity (Wildman–Crippen MR) is 95.5 cm³/mol. The van der Waals surface area contributed by atoms with Gasteiger partial charge in [-0.05, 0) is 29.6 Å². The van der Waals surface area contributed by atoms with Crippen molar-refractivity contribution in [3.63, 3.8) is 0 Å². The van der Waals surface area contributed by atoms with Gasteiger partial charge in [0.2, 0.25) is 5.91 Å². The summed E-state index contributed by atoms with van der Waals surface area (Å²) in [5.41, 5.74) is 0.0666. The maximum absolute atomic E-state index is 13.3. The summed E-state index contributed by atoms with van der Waals surface area (Å²) in [6.07, 6.45) is 0. The number of piperazine rings is 1. The smallest absolute Gasteiger partial charge is 0.261 e. The first kappa shape index (κ1) is 19.0. The first-order chi connectivity index (χ1) is 13.0. The molecule has 1 aromatic heterocycles. The number of carbonyl (C=O) groups excluding carboxylic acids is 3. The summed E-state index contributed by atoms with van der Waals surface area (Å²) in [6, 6.07) is 6.45. The van der Waals surface area contributed by atoms with E-state index >= 15 is 0 Å². The first-order valence-corrected chi connectivity index (χ1v) is 9.17. The van der Waals surface area contributed by atoms with Crippen LogP contribution in [0.5, 0.6) is 0 Å². The fourth-order valence-electron chi connectivity index (χ4n) is 2.73. The second-order valence-corrected chi connectivity index (χ2v) is 6.91. The van der Waals surface area contributed by atoms with Crippen molar-refractivity contribution in [2.75, 3.05) is 32.7 Å².